The SMILES string of the molecule is O=C(NCc1ccccc1Br)c1ccc(Cl)cc1. The summed E-state index contributed by atoms with van der Waals surface area (Å²) in [5.74, 6) is -0.109. The molecule has 18 heavy (non-hydrogen) atoms. The molecule has 4 heteroatoms. The minimum absolute atomic E-state index is 0.109. The topological polar surface area (TPSA) is 29.1 Å². The summed E-state index contributed by atoms with van der Waals surface area (Å²) in [6.45, 7) is 0.489. The van der Waals surface area contributed by atoms with Crippen molar-refractivity contribution in [1.29, 1.82) is 0 Å². The standard InChI is InChI=1S/C14H11BrClNO/c15-13-4-2-1-3-11(13)9-17-14(18)10-5-7-12(16)8-6-10/h1-8H,9H2,(H,17,18). The largest absolute Gasteiger partial charge is 0.348 e. The number of carbonyl (C=O) groups excluding carboxylic acids is 1. The van der Waals surface area contributed by atoms with Crippen molar-refractivity contribution in [2.45, 2.75) is 6.54 Å². The highest BCUT2D eigenvalue weighted by atomic mass is 79.9. The van der Waals surface area contributed by atoms with Crippen molar-refractivity contribution >= 4 is 33.4 Å². The van der Waals surface area contributed by atoms with Crippen LogP contribution in [-0.4, -0.2) is 5.91 Å². The second kappa shape index (κ2) is 6.03. The van der Waals surface area contributed by atoms with Crippen molar-refractivity contribution < 1.29 is 4.79 Å². The monoisotopic (exact) mass is 323 g/mol. The van der Waals surface area contributed by atoms with Gasteiger partial charge in [0.1, 0.15) is 0 Å². The first kappa shape index (κ1) is 13.1. The Hall–Kier alpha value is -1.32. The molecular formula is C14H11BrClNO. The van der Waals surface area contributed by atoms with Gasteiger partial charge in [-0.05, 0) is 35.9 Å². The number of carbonyl (C=O) groups is 1. The van der Waals surface area contributed by atoms with Crippen LogP contribution in [0.4, 0.5) is 0 Å². The first-order chi connectivity index (χ1) is 8.66. The molecule has 0 fully saturated rings. The maximum atomic E-state index is 11.9. The van der Waals surface area contributed by atoms with Crippen LogP contribution in [-0.2, 0) is 6.54 Å². The molecule has 0 aromatic heterocycles. The van der Waals surface area contributed by atoms with Crippen LogP contribution < -0.4 is 5.32 Å². The first-order valence-electron chi connectivity index (χ1n) is 5.44. The molecule has 2 nitrogen and oxygen atoms in total. The summed E-state index contributed by atoms with van der Waals surface area (Å²) >= 11 is 9.22. The number of halogens is 2. The van der Waals surface area contributed by atoms with Crippen LogP contribution in [0.3, 0.4) is 0 Å². The first-order valence-corrected chi connectivity index (χ1v) is 6.61. The van der Waals surface area contributed by atoms with E-state index in [0.717, 1.165) is 10.0 Å². The van der Waals surface area contributed by atoms with Crippen LogP contribution in [0.2, 0.25) is 5.02 Å². The predicted molar refractivity (Wildman–Crippen MR) is 76.8 cm³/mol. The van der Waals surface area contributed by atoms with E-state index >= 15 is 0 Å². The summed E-state index contributed by atoms with van der Waals surface area (Å²) in [7, 11) is 0. The van der Waals surface area contributed by atoms with Crippen molar-refractivity contribution in [2.24, 2.45) is 0 Å². The fraction of sp³-hybridized carbons (Fsp3) is 0.0714. The molecule has 0 radical (unpaired) electrons. The van der Waals surface area contributed by atoms with Crippen molar-refractivity contribution in [3.63, 3.8) is 0 Å². The second-order valence-corrected chi connectivity index (χ2v) is 5.07. The van der Waals surface area contributed by atoms with Gasteiger partial charge >= 0.3 is 0 Å². The lowest BCUT2D eigenvalue weighted by Gasteiger charge is -2.07. The zero-order valence-corrected chi connectivity index (χ0v) is 11.8. The van der Waals surface area contributed by atoms with E-state index in [9.17, 15) is 4.79 Å². The molecule has 92 valence electrons. The minimum atomic E-state index is -0.109. The molecule has 0 saturated heterocycles. The summed E-state index contributed by atoms with van der Waals surface area (Å²) in [6.07, 6.45) is 0. The third kappa shape index (κ3) is 3.34. The highest BCUT2D eigenvalue weighted by Gasteiger charge is 2.05. The molecule has 2 rings (SSSR count). The van der Waals surface area contributed by atoms with Gasteiger partial charge in [-0.25, -0.2) is 0 Å². The Morgan fingerprint density at radius 2 is 1.78 bits per heavy atom. The molecule has 0 heterocycles. The van der Waals surface area contributed by atoms with Gasteiger partial charge in [0.25, 0.3) is 5.91 Å². The molecule has 0 bridgehead atoms. The van der Waals surface area contributed by atoms with Crippen LogP contribution in [0, 0.1) is 0 Å². The van der Waals surface area contributed by atoms with Crippen molar-refractivity contribution in [3.05, 3.63) is 69.2 Å². The summed E-state index contributed by atoms with van der Waals surface area (Å²) < 4.78 is 0.987. The number of hydrogen-bond donors (Lipinski definition) is 1. The van der Waals surface area contributed by atoms with E-state index in [1.54, 1.807) is 24.3 Å². The smallest absolute Gasteiger partial charge is 0.251 e. The number of benzene rings is 2. The highest BCUT2D eigenvalue weighted by Crippen LogP contribution is 2.15. The number of hydrogen-bond acceptors (Lipinski definition) is 1. The Morgan fingerprint density at radius 3 is 2.44 bits per heavy atom. The molecule has 2 aromatic rings. The van der Waals surface area contributed by atoms with Crippen LogP contribution in [0.5, 0.6) is 0 Å². The van der Waals surface area contributed by atoms with Crippen LogP contribution in [0.15, 0.2) is 53.0 Å². The number of nitrogens with one attached hydrogen (secondary N) is 1. The maximum absolute atomic E-state index is 11.9. The molecule has 0 aliphatic rings. The predicted octanol–water partition coefficient (Wildman–Crippen LogP) is 4.03. The van der Waals surface area contributed by atoms with E-state index in [4.69, 9.17) is 11.6 Å². The normalized spacial score (nSPS) is 10.1. The fourth-order valence-electron chi connectivity index (χ4n) is 1.52. The molecule has 0 atom stereocenters. The lowest BCUT2D eigenvalue weighted by atomic mass is 10.2. The van der Waals surface area contributed by atoms with E-state index in [0.29, 0.717) is 17.1 Å². The third-order valence-corrected chi connectivity index (χ3v) is 3.53. The molecule has 0 unspecified atom stereocenters. The van der Waals surface area contributed by atoms with Crippen molar-refractivity contribution in [3.8, 4) is 0 Å². The Balaban J connectivity index is 2.01. The number of rotatable bonds is 3. The Labute approximate surface area is 119 Å². The molecular weight excluding hydrogens is 314 g/mol. The Bertz CT molecular complexity index is 554. The molecule has 0 spiro atoms. The zero-order chi connectivity index (χ0) is 13.0. The quantitative estimate of drug-likeness (QED) is 0.907. The van der Waals surface area contributed by atoms with E-state index in [2.05, 4.69) is 21.2 Å². The van der Waals surface area contributed by atoms with Crippen LogP contribution in [0.25, 0.3) is 0 Å². The van der Waals surface area contributed by atoms with Gasteiger partial charge in [-0.15, -0.1) is 0 Å². The van der Waals surface area contributed by atoms with Crippen molar-refractivity contribution in [1.82, 2.24) is 5.32 Å². The molecule has 1 amide bonds. The summed E-state index contributed by atoms with van der Waals surface area (Å²) in [5.41, 5.74) is 1.64. The van der Waals surface area contributed by atoms with Gasteiger partial charge in [-0.1, -0.05) is 45.7 Å². The Morgan fingerprint density at radius 1 is 1.11 bits per heavy atom. The average molecular weight is 325 g/mol. The van der Waals surface area contributed by atoms with Crippen molar-refractivity contribution in [2.75, 3.05) is 0 Å². The zero-order valence-electron chi connectivity index (χ0n) is 9.49. The molecule has 0 aliphatic heterocycles. The van der Waals surface area contributed by atoms with Crippen LogP contribution in [0.1, 0.15) is 15.9 Å². The van der Waals surface area contributed by atoms with E-state index in [-0.39, 0.29) is 5.91 Å². The Kier molecular flexibility index (Phi) is 4.39. The highest BCUT2D eigenvalue weighted by molar-refractivity contribution is 9.10. The van der Waals surface area contributed by atoms with Gasteiger partial charge in [-0.3, -0.25) is 4.79 Å². The average Bonchev–Trinajstić information content (AvgIpc) is 2.38. The van der Waals surface area contributed by atoms with Gasteiger partial charge in [0, 0.05) is 21.6 Å². The lowest BCUT2D eigenvalue weighted by molar-refractivity contribution is 0.0951. The summed E-state index contributed by atoms with van der Waals surface area (Å²) in [5, 5.41) is 3.49. The molecule has 0 aliphatic carbocycles. The van der Waals surface area contributed by atoms with Gasteiger partial charge < -0.3 is 5.32 Å². The third-order valence-electron chi connectivity index (χ3n) is 2.50. The van der Waals surface area contributed by atoms with Gasteiger partial charge in [0.15, 0.2) is 0 Å². The molecule has 2 aromatic carbocycles. The summed E-state index contributed by atoms with van der Waals surface area (Å²) in [6, 6.07) is 14.6. The van der Waals surface area contributed by atoms with Crippen LogP contribution >= 0.6 is 27.5 Å². The van der Waals surface area contributed by atoms with E-state index in [1.807, 2.05) is 24.3 Å². The summed E-state index contributed by atoms with van der Waals surface area (Å²) in [4.78, 5) is 11.9. The minimum Gasteiger partial charge on any atom is -0.348 e. The van der Waals surface area contributed by atoms with E-state index < -0.39 is 0 Å². The fourth-order valence-corrected chi connectivity index (χ4v) is 2.07. The molecule has 0 saturated carbocycles. The van der Waals surface area contributed by atoms with E-state index in [1.165, 1.54) is 0 Å². The second-order valence-electron chi connectivity index (χ2n) is 3.78. The number of amides is 1. The van der Waals surface area contributed by atoms with Gasteiger partial charge in [-0.2, -0.15) is 0 Å². The van der Waals surface area contributed by atoms with Gasteiger partial charge in [0.2, 0.25) is 0 Å². The molecule has 1 N–H and O–H groups in total. The lowest BCUT2D eigenvalue weighted by Crippen LogP contribution is -2.22. The van der Waals surface area contributed by atoms with Gasteiger partial charge in [0.05, 0.1) is 0 Å². The maximum Gasteiger partial charge on any atom is 0.251 e.